The maximum absolute atomic E-state index is 13.1. The minimum atomic E-state index is -0.247. The number of methoxy groups -OCH3 is 3. The summed E-state index contributed by atoms with van der Waals surface area (Å²) in [6, 6.07) is 9.15. The maximum atomic E-state index is 13.1. The van der Waals surface area contributed by atoms with Gasteiger partial charge in [0.25, 0.3) is 0 Å². The summed E-state index contributed by atoms with van der Waals surface area (Å²) >= 11 is 0. The van der Waals surface area contributed by atoms with Crippen LogP contribution in [0.3, 0.4) is 0 Å². The molecule has 1 aliphatic heterocycles. The Morgan fingerprint density at radius 3 is 2.61 bits per heavy atom. The molecule has 1 unspecified atom stereocenters. The van der Waals surface area contributed by atoms with E-state index >= 15 is 0 Å². The third kappa shape index (κ3) is 4.75. The molecule has 1 amide bonds. The monoisotopic (exact) mass is 455 g/mol. The summed E-state index contributed by atoms with van der Waals surface area (Å²) in [5, 5.41) is 0. The fraction of sp³-hybridized carbons (Fsp3) is 0.440. The summed E-state index contributed by atoms with van der Waals surface area (Å²) in [5.41, 5.74) is 2.44. The van der Waals surface area contributed by atoms with Crippen molar-refractivity contribution in [3.05, 3.63) is 47.0 Å². The number of hydrogen-bond donors (Lipinski definition) is 0. The van der Waals surface area contributed by atoms with Crippen LogP contribution in [0.25, 0.3) is 0 Å². The van der Waals surface area contributed by atoms with E-state index in [2.05, 4.69) is 0 Å². The Balaban J connectivity index is 1.39. The first-order chi connectivity index (χ1) is 16.0. The van der Waals surface area contributed by atoms with Crippen molar-refractivity contribution in [2.45, 2.75) is 25.4 Å². The lowest BCUT2D eigenvalue weighted by molar-refractivity contribution is -0.139. The minimum Gasteiger partial charge on any atom is -0.493 e. The van der Waals surface area contributed by atoms with Crippen LogP contribution in [0.2, 0.25) is 0 Å². The van der Waals surface area contributed by atoms with Crippen LogP contribution in [0.1, 0.15) is 27.9 Å². The van der Waals surface area contributed by atoms with E-state index in [0.717, 1.165) is 22.4 Å². The first kappa shape index (κ1) is 22.9. The van der Waals surface area contributed by atoms with Crippen LogP contribution in [0.5, 0.6) is 23.0 Å². The Morgan fingerprint density at radius 1 is 1.03 bits per heavy atom. The molecular weight excluding hydrogens is 426 g/mol. The first-order valence-corrected chi connectivity index (χ1v) is 11.0. The van der Waals surface area contributed by atoms with Gasteiger partial charge in [-0.05, 0) is 18.6 Å². The molecule has 0 radical (unpaired) electrons. The average molecular weight is 456 g/mol. The third-order valence-electron chi connectivity index (χ3n) is 6.08. The van der Waals surface area contributed by atoms with Gasteiger partial charge in [0.15, 0.2) is 17.3 Å². The van der Waals surface area contributed by atoms with Gasteiger partial charge in [-0.25, -0.2) is 0 Å². The highest BCUT2D eigenvalue weighted by Gasteiger charge is 2.28. The number of hydrogen-bond acceptors (Lipinski definition) is 7. The van der Waals surface area contributed by atoms with E-state index in [1.807, 2.05) is 24.3 Å². The lowest BCUT2D eigenvalue weighted by atomic mass is 10.1. The fourth-order valence-corrected chi connectivity index (χ4v) is 4.40. The van der Waals surface area contributed by atoms with Gasteiger partial charge >= 0.3 is 0 Å². The number of benzene rings is 2. The Morgan fingerprint density at radius 2 is 1.85 bits per heavy atom. The zero-order valence-corrected chi connectivity index (χ0v) is 19.2. The smallest absolute Gasteiger partial charge is 0.227 e. The molecule has 1 fully saturated rings. The van der Waals surface area contributed by atoms with Crippen LogP contribution in [-0.2, 0) is 22.4 Å². The van der Waals surface area contributed by atoms with Crippen molar-refractivity contribution in [3.8, 4) is 23.0 Å². The van der Waals surface area contributed by atoms with Crippen LogP contribution >= 0.6 is 0 Å². The zero-order chi connectivity index (χ0) is 23.4. The maximum Gasteiger partial charge on any atom is 0.227 e. The van der Waals surface area contributed by atoms with Crippen molar-refractivity contribution < 1.29 is 33.3 Å². The second-order valence-electron chi connectivity index (χ2n) is 8.02. The molecule has 4 rings (SSSR count). The molecule has 1 saturated heterocycles. The molecule has 0 N–H and O–H groups in total. The molecule has 0 bridgehead atoms. The highest BCUT2D eigenvalue weighted by atomic mass is 16.5. The number of nitrogens with zero attached hydrogens (tertiary/aromatic N) is 1. The number of fused-ring (bicyclic) bond motifs is 1. The van der Waals surface area contributed by atoms with E-state index in [-0.39, 0.29) is 24.2 Å². The second kappa shape index (κ2) is 10.1. The molecular formula is C25H29NO7. The summed E-state index contributed by atoms with van der Waals surface area (Å²) in [5.74, 6) is 2.36. The molecule has 0 saturated carbocycles. The Bertz CT molecular complexity index is 1040. The van der Waals surface area contributed by atoms with Crippen molar-refractivity contribution >= 4 is 11.7 Å². The number of carbonyl (C=O) groups is 2. The summed E-state index contributed by atoms with van der Waals surface area (Å²) in [4.78, 5) is 26.8. The number of ketones is 1. The molecule has 8 nitrogen and oxygen atoms in total. The van der Waals surface area contributed by atoms with E-state index in [0.29, 0.717) is 56.4 Å². The molecule has 0 spiro atoms. The topological polar surface area (TPSA) is 83.5 Å². The van der Waals surface area contributed by atoms with Crippen LogP contribution in [0.4, 0.5) is 0 Å². The van der Waals surface area contributed by atoms with E-state index in [4.69, 9.17) is 23.7 Å². The van der Waals surface area contributed by atoms with Crippen LogP contribution < -0.4 is 18.9 Å². The van der Waals surface area contributed by atoms with E-state index in [9.17, 15) is 9.59 Å². The van der Waals surface area contributed by atoms with Gasteiger partial charge in [-0.2, -0.15) is 0 Å². The molecule has 176 valence electrons. The highest BCUT2D eigenvalue weighted by Crippen LogP contribution is 2.40. The zero-order valence-electron chi connectivity index (χ0n) is 19.2. The molecule has 1 atom stereocenters. The Hall–Kier alpha value is -3.26. The van der Waals surface area contributed by atoms with Gasteiger partial charge in [0, 0.05) is 29.7 Å². The van der Waals surface area contributed by atoms with Crippen LogP contribution in [-0.4, -0.2) is 70.3 Å². The summed E-state index contributed by atoms with van der Waals surface area (Å²) in [7, 11) is 4.64. The molecule has 1 aliphatic carbocycles. The summed E-state index contributed by atoms with van der Waals surface area (Å²) in [6.45, 7) is 1.70. The normalized spacial score (nSPS) is 17.5. The molecule has 1 heterocycles. The van der Waals surface area contributed by atoms with Gasteiger partial charge in [-0.15, -0.1) is 0 Å². The van der Waals surface area contributed by atoms with Gasteiger partial charge in [-0.1, -0.05) is 18.2 Å². The molecule has 8 heteroatoms. The number of morpholine rings is 1. The van der Waals surface area contributed by atoms with Crippen molar-refractivity contribution in [1.29, 1.82) is 0 Å². The average Bonchev–Trinajstić information content (AvgIpc) is 3.23. The van der Waals surface area contributed by atoms with Crippen LogP contribution in [0, 0.1) is 0 Å². The largest absolute Gasteiger partial charge is 0.493 e. The first-order valence-electron chi connectivity index (χ1n) is 11.0. The minimum absolute atomic E-state index is 0.0278. The molecule has 2 aromatic carbocycles. The number of ether oxygens (including phenoxy) is 5. The number of Topliss-reactive ketones (excluding diaryl/α,β-unsaturated/α-hetero) is 1. The van der Waals surface area contributed by atoms with Crippen LogP contribution in [0.15, 0.2) is 30.3 Å². The van der Waals surface area contributed by atoms with Gasteiger partial charge in [0.1, 0.15) is 18.5 Å². The lowest BCUT2D eigenvalue weighted by Crippen LogP contribution is -2.48. The molecule has 33 heavy (non-hydrogen) atoms. The lowest BCUT2D eigenvalue weighted by Gasteiger charge is -2.33. The van der Waals surface area contributed by atoms with Crippen molar-refractivity contribution in [2.75, 3.05) is 47.6 Å². The highest BCUT2D eigenvalue weighted by molar-refractivity contribution is 6.01. The van der Waals surface area contributed by atoms with Gasteiger partial charge in [0.05, 0.1) is 40.9 Å². The predicted octanol–water partition coefficient (Wildman–Crippen LogP) is 2.69. The Kier molecular flexibility index (Phi) is 7.03. The van der Waals surface area contributed by atoms with Crippen molar-refractivity contribution in [3.63, 3.8) is 0 Å². The van der Waals surface area contributed by atoms with E-state index in [1.165, 1.54) is 7.11 Å². The number of amides is 1. The standard InChI is InChI=1S/C25H29NO7/c1-29-22-10-7-16(24(30-2)25(22)31-3)13-23(28)26-11-12-32-17(14-26)15-33-21-6-4-5-18-19(21)8-9-20(18)27/h4-7,10,17H,8-9,11-15H2,1-3H3. The van der Waals surface area contributed by atoms with E-state index in [1.54, 1.807) is 25.2 Å². The van der Waals surface area contributed by atoms with E-state index < -0.39 is 0 Å². The number of carbonyl (C=O) groups excluding carboxylic acids is 2. The quantitative estimate of drug-likeness (QED) is 0.605. The fourth-order valence-electron chi connectivity index (χ4n) is 4.40. The molecule has 2 aromatic rings. The van der Waals surface area contributed by atoms with Gasteiger partial charge < -0.3 is 28.6 Å². The Labute approximate surface area is 193 Å². The summed E-state index contributed by atoms with van der Waals surface area (Å²) < 4.78 is 28.1. The van der Waals surface area contributed by atoms with Crippen molar-refractivity contribution in [1.82, 2.24) is 4.90 Å². The van der Waals surface area contributed by atoms with Gasteiger partial charge in [0.2, 0.25) is 11.7 Å². The molecule has 0 aromatic heterocycles. The molecule has 2 aliphatic rings. The number of rotatable bonds is 8. The van der Waals surface area contributed by atoms with Crippen molar-refractivity contribution in [2.24, 2.45) is 0 Å². The second-order valence-corrected chi connectivity index (χ2v) is 8.02. The SMILES string of the molecule is COc1ccc(CC(=O)N2CCOC(COc3cccc4c3CCC4=O)C2)c(OC)c1OC. The predicted molar refractivity (Wildman–Crippen MR) is 121 cm³/mol. The summed E-state index contributed by atoms with van der Waals surface area (Å²) in [6.07, 6.45) is 1.15. The van der Waals surface area contributed by atoms with Gasteiger partial charge in [-0.3, -0.25) is 9.59 Å². The third-order valence-corrected chi connectivity index (χ3v) is 6.08.